The Bertz CT molecular complexity index is 676. The van der Waals surface area contributed by atoms with Gasteiger partial charge in [-0.15, -0.1) is 0 Å². The number of carboxylic acids is 1. The maximum Gasteiger partial charge on any atom is 0.358 e. The fraction of sp³-hybridized carbons (Fsp3) is 0.333. The molecule has 2 aromatic rings. The lowest BCUT2D eigenvalue weighted by Crippen LogP contribution is -2.19. The van der Waals surface area contributed by atoms with Crippen molar-refractivity contribution in [1.82, 2.24) is 5.16 Å². The number of hydrogen-bond donors (Lipinski definition) is 1. The zero-order valence-corrected chi connectivity index (χ0v) is 11.7. The normalized spacial score (nSPS) is 20.6. The monoisotopic (exact) mass is 289 g/mol. The van der Waals surface area contributed by atoms with Crippen LogP contribution in [0.3, 0.4) is 0 Å². The summed E-state index contributed by atoms with van der Waals surface area (Å²) in [4.78, 5) is 10.8. The zero-order valence-electron chi connectivity index (χ0n) is 11.7. The third-order valence-electron chi connectivity index (χ3n) is 3.28. The summed E-state index contributed by atoms with van der Waals surface area (Å²) in [6, 6.07) is 8.92. The number of hydrogen-bond acceptors (Lipinski definition) is 5. The van der Waals surface area contributed by atoms with Gasteiger partial charge in [0.1, 0.15) is 6.10 Å². The smallest absolute Gasteiger partial charge is 0.358 e. The van der Waals surface area contributed by atoms with Gasteiger partial charge in [-0.25, -0.2) is 4.79 Å². The van der Waals surface area contributed by atoms with Crippen molar-refractivity contribution in [1.29, 1.82) is 0 Å². The van der Waals surface area contributed by atoms with Crippen LogP contribution in [0.1, 0.15) is 36.0 Å². The van der Waals surface area contributed by atoms with Crippen molar-refractivity contribution in [2.24, 2.45) is 0 Å². The van der Waals surface area contributed by atoms with E-state index in [2.05, 4.69) is 5.16 Å². The summed E-state index contributed by atoms with van der Waals surface area (Å²) < 4.78 is 16.4. The van der Waals surface area contributed by atoms with Crippen LogP contribution in [0.2, 0.25) is 0 Å². The number of aromatic nitrogens is 1. The van der Waals surface area contributed by atoms with Gasteiger partial charge in [-0.1, -0.05) is 23.4 Å². The van der Waals surface area contributed by atoms with Crippen molar-refractivity contribution in [2.45, 2.75) is 25.7 Å². The molecule has 1 saturated heterocycles. The molecule has 21 heavy (non-hydrogen) atoms. The first-order chi connectivity index (χ1) is 9.94. The number of ether oxygens (including phenoxy) is 2. The molecule has 0 amide bonds. The van der Waals surface area contributed by atoms with Crippen LogP contribution in [0.4, 0.5) is 0 Å². The molecule has 110 valence electrons. The van der Waals surface area contributed by atoms with E-state index in [-0.39, 0.29) is 11.8 Å². The van der Waals surface area contributed by atoms with E-state index in [1.54, 1.807) is 0 Å². The lowest BCUT2D eigenvalue weighted by Gasteiger charge is -2.17. The first-order valence-electron chi connectivity index (χ1n) is 6.57. The molecule has 1 N–H and O–H groups in total. The minimum atomic E-state index is -1.12. The van der Waals surface area contributed by atoms with E-state index in [9.17, 15) is 4.79 Å². The fourth-order valence-corrected chi connectivity index (χ4v) is 2.26. The molecule has 1 aliphatic rings. The van der Waals surface area contributed by atoms with Crippen molar-refractivity contribution in [3.63, 3.8) is 0 Å². The fourth-order valence-electron chi connectivity index (χ4n) is 2.26. The molecule has 6 heteroatoms. The highest BCUT2D eigenvalue weighted by molar-refractivity contribution is 5.86. The molecule has 3 rings (SSSR count). The number of carbonyl (C=O) groups is 1. The summed E-state index contributed by atoms with van der Waals surface area (Å²) in [5, 5.41) is 12.4. The predicted octanol–water partition coefficient (Wildman–Crippen LogP) is 2.86. The summed E-state index contributed by atoms with van der Waals surface area (Å²) in [7, 11) is 0. The Hall–Kier alpha value is -2.18. The van der Waals surface area contributed by atoms with E-state index < -0.39 is 11.8 Å². The molecular formula is C15H15NO5. The van der Waals surface area contributed by atoms with E-state index in [4.69, 9.17) is 19.1 Å². The molecule has 1 aliphatic heterocycles. The largest absolute Gasteiger partial charge is 0.476 e. The van der Waals surface area contributed by atoms with Gasteiger partial charge in [-0.2, -0.15) is 0 Å². The van der Waals surface area contributed by atoms with Crippen molar-refractivity contribution in [3.8, 4) is 11.3 Å². The number of carboxylic acid groups (broad SMARTS) is 1. The van der Waals surface area contributed by atoms with Gasteiger partial charge in [0.2, 0.25) is 0 Å². The van der Waals surface area contributed by atoms with Gasteiger partial charge in [0.15, 0.2) is 17.2 Å². The maximum atomic E-state index is 10.8. The second-order valence-electron chi connectivity index (χ2n) is 5.32. The average molecular weight is 289 g/mol. The SMILES string of the molecule is CC1(C)OCC(c2cccc(-c3cc(C(=O)O)no3)c2)O1. The van der Waals surface area contributed by atoms with Gasteiger partial charge in [0.25, 0.3) is 0 Å². The zero-order chi connectivity index (χ0) is 15.0. The first-order valence-corrected chi connectivity index (χ1v) is 6.57. The minimum Gasteiger partial charge on any atom is -0.476 e. The van der Waals surface area contributed by atoms with Crippen LogP contribution in [-0.4, -0.2) is 28.6 Å². The third-order valence-corrected chi connectivity index (χ3v) is 3.28. The van der Waals surface area contributed by atoms with Crippen LogP contribution >= 0.6 is 0 Å². The minimum absolute atomic E-state index is 0.114. The Morgan fingerprint density at radius 1 is 1.38 bits per heavy atom. The summed E-state index contributed by atoms with van der Waals surface area (Å²) in [5.74, 6) is -1.30. The highest BCUT2D eigenvalue weighted by atomic mass is 16.7. The molecule has 0 bridgehead atoms. The van der Waals surface area contributed by atoms with Crippen molar-refractivity contribution >= 4 is 5.97 Å². The average Bonchev–Trinajstić information content (AvgIpc) is 3.05. The molecule has 0 aliphatic carbocycles. The van der Waals surface area contributed by atoms with E-state index >= 15 is 0 Å². The molecule has 1 unspecified atom stereocenters. The summed E-state index contributed by atoms with van der Waals surface area (Å²) in [6.45, 7) is 4.21. The summed E-state index contributed by atoms with van der Waals surface area (Å²) >= 11 is 0. The predicted molar refractivity (Wildman–Crippen MR) is 72.8 cm³/mol. The Morgan fingerprint density at radius 3 is 2.81 bits per heavy atom. The molecule has 6 nitrogen and oxygen atoms in total. The molecule has 1 aromatic carbocycles. The van der Waals surface area contributed by atoms with Crippen LogP contribution in [0.5, 0.6) is 0 Å². The van der Waals surface area contributed by atoms with Gasteiger partial charge in [-0.3, -0.25) is 0 Å². The van der Waals surface area contributed by atoms with Crippen molar-refractivity contribution in [3.05, 3.63) is 41.6 Å². The molecule has 0 radical (unpaired) electrons. The lowest BCUT2D eigenvalue weighted by atomic mass is 10.0. The molecule has 0 spiro atoms. The van der Waals surface area contributed by atoms with Gasteiger partial charge in [-0.05, 0) is 25.5 Å². The van der Waals surface area contributed by atoms with Gasteiger partial charge in [0.05, 0.1) is 6.61 Å². The maximum absolute atomic E-state index is 10.8. The number of benzene rings is 1. The van der Waals surface area contributed by atoms with Crippen LogP contribution in [0.15, 0.2) is 34.9 Å². The van der Waals surface area contributed by atoms with Crippen LogP contribution < -0.4 is 0 Å². The standard InChI is InChI=1S/C15H15NO5/c1-15(2)19-8-13(20-15)10-5-3-4-9(6-10)12-7-11(14(17)18)16-21-12/h3-7,13H,8H2,1-2H3,(H,17,18). The van der Waals surface area contributed by atoms with Crippen LogP contribution in [0, 0.1) is 0 Å². The van der Waals surface area contributed by atoms with Gasteiger partial charge >= 0.3 is 5.97 Å². The van der Waals surface area contributed by atoms with Crippen LogP contribution in [-0.2, 0) is 9.47 Å². The molecule has 1 aromatic heterocycles. The van der Waals surface area contributed by atoms with Gasteiger partial charge in [0, 0.05) is 11.6 Å². The van der Waals surface area contributed by atoms with Crippen molar-refractivity contribution < 1.29 is 23.9 Å². The molecular weight excluding hydrogens is 274 g/mol. The summed E-state index contributed by atoms with van der Waals surface area (Å²) in [5.41, 5.74) is 1.59. The number of rotatable bonds is 3. The van der Waals surface area contributed by atoms with E-state index in [0.717, 1.165) is 11.1 Å². The van der Waals surface area contributed by atoms with Crippen molar-refractivity contribution in [2.75, 3.05) is 6.61 Å². The number of aromatic carboxylic acids is 1. The lowest BCUT2D eigenvalue weighted by molar-refractivity contribution is -0.139. The highest BCUT2D eigenvalue weighted by Gasteiger charge is 2.33. The second-order valence-corrected chi connectivity index (χ2v) is 5.32. The quantitative estimate of drug-likeness (QED) is 0.935. The Kier molecular flexibility index (Phi) is 3.27. The van der Waals surface area contributed by atoms with E-state index in [0.29, 0.717) is 12.4 Å². The Balaban J connectivity index is 1.88. The molecule has 0 saturated carbocycles. The first kappa shape index (κ1) is 13.8. The van der Waals surface area contributed by atoms with E-state index in [1.807, 2.05) is 38.1 Å². The second kappa shape index (κ2) is 4.98. The van der Waals surface area contributed by atoms with Crippen LogP contribution in [0.25, 0.3) is 11.3 Å². The number of nitrogens with zero attached hydrogens (tertiary/aromatic N) is 1. The highest BCUT2D eigenvalue weighted by Crippen LogP contribution is 2.34. The molecule has 1 atom stereocenters. The molecule has 2 heterocycles. The molecule has 1 fully saturated rings. The van der Waals surface area contributed by atoms with Gasteiger partial charge < -0.3 is 19.1 Å². The Labute approximate surface area is 121 Å². The van der Waals surface area contributed by atoms with E-state index in [1.165, 1.54) is 6.07 Å². The topological polar surface area (TPSA) is 81.8 Å². The Morgan fingerprint density at radius 2 is 2.19 bits per heavy atom. The third kappa shape index (κ3) is 2.81. The summed E-state index contributed by atoms with van der Waals surface area (Å²) in [6.07, 6.45) is -0.151.